The summed E-state index contributed by atoms with van der Waals surface area (Å²) >= 11 is 0. The van der Waals surface area contributed by atoms with Gasteiger partial charge < -0.3 is 15.3 Å². The molecule has 6 rings (SSSR count). The SMILES string of the molecule is Cc1[nH]nc2nc(-c3ccc(O)c(F)c3)cc(C(=O)NC3CN4CCC3CC4)c12. The van der Waals surface area contributed by atoms with E-state index in [9.17, 15) is 14.3 Å². The molecule has 1 atom stereocenters. The van der Waals surface area contributed by atoms with E-state index >= 15 is 0 Å². The number of aromatic amines is 1. The highest BCUT2D eigenvalue weighted by atomic mass is 19.1. The molecule has 29 heavy (non-hydrogen) atoms. The Balaban J connectivity index is 1.54. The van der Waals surface area contributed by atoms with Crippen molar-refractivity contribution < 1.29 is 14.3 Å². The highest BCUT2D eigenvalue weighted by Crippen LogP contribution is 2.30. The van der Waals surface area contributed by atoms with Crippen molar-refractivity contribution in [2.24, 2.45) is 5.92 Å². The summed E-state index contributed by atoms with van der Waals surface area (Å²) < 4.78 is 13.9. The van der Waals surface area contributed by atoms with Crippen molar-refractivity contribution in [1.29, 1.82) is 0 Å². The number of carbonyl (C=O) groups is 1. The molecule has 8 heteroatoms. The number of H-pyrrole nitrogens is 1. The standard InChI is InChI=1S/C21H22FN5O2/c1-11-19-14(21(29)24-17-10-27-6-4-12(17)5-7-27)9-16(23-20(19)26-25-11)13-2-3-18(28)15(22)8-13/h2-3,8-9,12,17,28H,4-7,10H2,1H3,(H,24,29)(H,23,25,26). The fourth-order valence-corrected chi connectivity index (χ4v) is 4.54. The first kappa shape index (κ1) is 18.1. The van der Waals surface area contributed by atoms with Gasteiger partial charge in [0.05, 0.1) is 16.6 Å². The molecule has 2 aromatic heterocycles. The summed E-state index contributed by atoms with van der Waals surface area (Å²) in [7, 11) is 0. The van der Waals surface area contributed by atoms with Crippen LogP contribution in [0.5, 0.6) is 5.75 Å². The van der Waals surface area contributed by atoms with Gasteiger partial charge in [0.15, 0.2) is 17.2 Å². The van der Waals surface area contributed by atoms with Crippen molar-refractivity contribution in [2.45, 2.75) is 25.8 Å². The van der Waals surface area contributed by atoms with E-state index in [1.165, 1.54) is 12.1 Å². The summed E-state index contributed by atoms with van der Waals surface area (Å²) in [6, 6.07) is 5.86. The number of rotatable bonds is 3. The molecule has 5 heterocycles. The summed E-state index contributed by atoms with van der Waals surface area (Å²) in [6.07, 6.45) is 2.22. The minimum atomic E-state index is -0.735. The van der Waals surface area contributed by atoms with Gasteiger partial charge in [0, 0.05) is 23.8 Å². The molecule has 1 unspecified atom stereocenters. The Kier molecular flexibility index (Phi) is 4.24. The number of amides is 1. The largest absolute Gasteiger partial charge is 0.505 e. The number of halogens is 1. The summed E-state index contributed by atoms with van der Waals surface area (Å²) in [5.74, 6) is -0.815. The van der Waals surface area contributed by atoms with Crippen LogP contribution < -0.4 is 5.32 Å². The van der Waals surface area contributed by atoms with Crippen molar-refractivity contribution in [3.05, 3.63) is 41.3 Å². The summed E-state index contributed by atoms with van der Waals surface area (Å²) in [6.45, 7) is 4.94. The lowest BCUT2D eigenvalue weighted by atomic mass is 9.84. The second-order valence-corrected chi connectivity index (χ2v) is 7.99. The highest BCUT2D eigenvalue weighted by Gasteiger charge is 2.35. The number of nitrogens with one attached hydrogen (secondary N) is 2. The molecule has 3 aliphatic rings. The first-order valence-corrected chi connectivity index (χ1v) is 9.87. The van der Waals surface area contributed by atoms with Crippen LogP contribution in [0.1, 0.15) is 28.9 Å². The molecule has 0 aliphatic carbocycles. The van der Waals surface area contributed by atoms with Gasteiger partial charge in [-0.05, 0) is 63.0 Å². The number of piperidine rings is 3. The normalized spacial score (nSPS) is 23.4. The zero-order chi connectivity index (χ0) is 20.1. The third-order valence-electron chi connectivity index (χ3n) is 6.17. The lowest BCUT2D eigenvalue weighted by molar-refractivity contribution is 0.0621. The third-order valence-corrected chi connectivity index (χ3v) is 6.17. The number of hydrogen-bond donors (Lipinski definition) is 3. The topological polar surface area (TPSA) is 94.1 Å². The van der Waals surface area contributed by atoms with Gasteiger partial charge in [0.2, 0.25) is 0 Å². The molecular formula is C21H22FN5O2. The van der Waals surface area contributed by atoms with Crippen LogP contribution in [0.2, 0.25) is 0 Å². The average molecular weight is 395 g/mol. The molecule has 0 radical (unpaired) electrons. The third kappa shape index (κ3) is 3.13. The Labute approximate surface area is 166 Å². The van der Waals surface area contributed by atoms with Crippen LogP contribution in [0, 0.1) is 18.7 Å². The fourth-order valence-electron chi connectivity index (χ4n) is 4.54. The fraction of sp³-hybridized carbons (Fsp3) is 0.381. The van der Waals surface area contributed by atoms with Crippen molar-refractivity contribution in [1.82, 2.24) is 25.4 Å². The van der Waals surface area contributed by atoms with Gasteiger partial charge in [-0.15, -0.1) is 0 Å². The number of nitrogens with zero attached hydrogens (tertiary/aromatic N) is 3. The van der Waals surface area contributed by atoms with Crippen LogP contribution in [0.3, 0.4) is 0 Å². The summed E-state index contributed by atoms with van der Waals surface area (Å²) in [4.78, 5) is 20.1. The van der Waals surface area contributed by atoms with E-state index < -0.39 is 11.6 Å². The van der Waals surface area contributed by atoms with Crippen molar-refractivity contribution in [3.63, 3.8) is 0 Å². The maximum atomic E-state index is 13.9. The molecule has 3 fully saturated rings. The number of benzene rings is 1. The van der Waals surface area contributed by atoms with Crippen LogP contribution in [0.25, 0.3) is 22.3 Å². The quantitative estimate of drug-likeness (QED) is 0.634. The molecule has 2 bridgehead atoms. The average Bonchev–Trinajstić information content (AvgIpc) is 3.11. The van der Waals surface area contributed by atoms with E-state index in [2.05, 4.69) is 25.4 Å². The van der Waals surface area contributed by atoms with Gasteiger partial charge >= 0.3 is 0 Å². The lowest BCUT2D eigenvalue weighted by Crippen LogP contribution is -2.57. The number of aryl methyl sites for hydroxylation is 1. The first-order valence-electron chi connectivity index (χ1n) is 9.87. The number of phenolic OH excluding ortho intramolecular Hbond substituents is 1. The van der Waals surface area contributed by atoms with Crippen LogP contribution in [-0.2, 0) is 0 Å². The Morgan fingerprint density at radius 1 is 1.31 bits per heavy atom. The Hall–Kier alpha value is -3.00. The predicted molar refractivity (Wildman–Crippen MR) is 106 cm³/mol. The van der Waals surface area contributed by atoms with E-state index in [4.69, 9.17) is 0 Å². The maximum Gasteiger partial charge on any atom is 0.252 e. The predicted octanol–water partition coefficient (Wildman–Crippen LogP) is 2.60. The molecule has 7 nitrogen and oxygen atoms in total. The smallest absolute Gasteiger partial charge is 0.252 e. The van der Waals surface area contributed by atoms with Gasteiger partial charge in [-0.3, -0.25) is 9.89 Å². The minimum absolute atomic E-state index is 0.134. The van der Waals surface area contributed by atoms with Crippen molar-refractivity contribution >= 4 is 16.9 Å². The summed E-state index contributed by atoms with van der Waals surface area (Å²) in [5.41, 5.74) is 2.55. The van der Waals surface area contributed by atoms with Gasteiger partial charge in [-0.2, -0.15) is 5.10 Å². The van der Waals surface area contributed by atoms with Crippen LogP contribution in [0.4, 0.5) is 4.39 Å². The van der Waals surface area contributed by atoms with E-state index in [0.29, 0.717) is 33.8 Å². The Morgan fingerprint density at radius 2 is 2.10 bits per heavy atom. The van der Waals surface area contributed by atoms with Crippen LogP contribution in [0.15, 0.2) is 24.3 Å². The molecule has 1 amide bonds. The molecule has 3 saturated heterocycles. The minimum Gasteiger partial charge on any atom is -0.505 e. The van der Waals surface area contributed by atoms with Gasteiger partial charge in [-0.25, -0.2) is 9.37 Å². The Bertz CT molecular complexity index is 1100. The second-order valence-electron chi connectivity index (χ2n) is 7.99. The number of fused-ring (bicyclic) bond motifs is 4. The molecule has 3 aliphatic heterocycles. The molecule has 3 N–H and O–H groups in total. The van der Waals surface area contributed by atoms with Gasteiger partial charge in [0.1, 0.15) is 0 Å². The second kappa shape index (κ2) is 6.81. The van der Waals surface area contributed by atoms with Gasteiger partial charge in [0.25, 0.3) is 5.91 Å². The molecule has 0 spiro atoms. The monoisotopic (exact) mass is 395 g/mol. The van der Waals surface area contributed by atoms with Crippen LogP contribution in [-0.4, -0.2) is 56.8 Å². The molecule has 3 aromatic rings. The van der Waals surface area contributed by atoms with Gasteiger partial charge in [-0.1, -0.05) is 0 Å². The molecular weight excluding hydrogens is 373 g/mol. The number of carbonyl (C=O) groups excluding carboxylic acids is 1. The molecule has 0 saturated carbocycles. The number of pyridine rings is 1. The molecule has 150 valence electrons. The van der Waals surface area contributed by atoms with Crippen molar-refractivity contribution in [3.8, 4) is 17.0 Å². The zero-order valence-electron chi connectivity index (χ0n) is 16.1. The number of aromatic hydroxyl groups is 1. The van der Waals surface area contributed by atoms with Crippen LogP contribution >= 0.6 is 0 Å². The van der Waals surface area contributed by atoms with E-state index in [1.54, 1.807) is 12.1 Å². The summed E-state index contributed by atoms with van der Waals surface area (Å²) in [5, 5.41) is 20.4. The Morgan fingerprint density at radius 3 is 2.79 bits per heavy atom. The number of phenols is 1. The lowest BCUT2D eigenvalue weighted by Gasteiger charge is -2.44. The number of hydrogen-bond acceptors (Lipinski definition) is 5. The van der Waals surface area contributed by atoms with E-state index in [1.807, 2.05) is 6.92 Å². The van der Waals surface area contributed by atoms with Crippen molar-refractivity contribution in [2.75, 3.05) is 19.6 Å². The maximum absolute atomic E-state index is 13.9. The van der Waals surface area contributed by atoms with E-state index in [-0.39, 0.29) is 11.9 Å². The molecule has 1 aromatic carbocycles. The van der Waals surface area contributed by atoms with E-state index in [0.717, 1.165) is 38.2 Å². The zero-order valence-corrected chi connectivity index (χ0v) is 16.1. The first-order chi connectivity index (χ1) is 14.0. The highest BCUT2D eigenvalue weighted by molar-refractivity contribution is 6.07. The number of aromatic nitrogens is 3.